The van der Waals surface area contributed by atoms with Gasteiger partial charge in [0.1, 0.15) is 6.29 Å². The topological polar surface area (TPSA) is 68.9 Å². The predicted octanol–water partition coefficient (Wildman–Crippen LogP) is 3.63. The van der Waals surface area contributed by atoms with E-state index in [-0.39, 0.29) is 0 Å². The first kappa shape index (κ1) is 17.6. The summed E-state index contributed by atoms with van der Waals surface area (Å²) in [5.41, 5.74) is 12.0. The third-order valence-electron chi connectivity index (χ3n) is 3.75. The zero-order valence-corrected chi connectivity index (χ0v) is 14.4. The molecule has 2 N–H and O–H groups in total. The molecule has 4 heteroatoms. The Bertz CT molecular complexity index is 754. The van der Waals surface area contributed by atoms with E-state index in [2.05, 4.69) is 9.97 Å². The zero-order chi connectivity index (χ0) is 17.5. The van der Waals surface area contributed by atoms with Crippen LogP contribution in [0.3, 0.4) is 0 Å². The number of rotatable bonds is 6. The number of hydrogen-bond donors (Lipinski definition) is 1. The molecule has 0 aliphatic rings. The lowest BCUT2D eigenvalue weighted by atomic mass is 10.00. The van der Waals surface area contributed by atoms with Crippen molar-refractivity contribution < 1.29 is 4.79 Å². The van der Waals surface area contributed by atoms with E-state index >= 15 is 0 Å². The number of hydrogen-bond acceptors (Lipinski definition) is 4. The van der Waals surface area contributed by atoms with Gasteiger partial charge in [0.05, 0.1) is 0 Å². The molecule has 0 radical (unpaired) electrons. The summed E-state index contributed by atoms with van der Waals surface area (Å²) in [7, 11) is 0. The Hall–Kier alpha value is -2.75. The number of aldehydes is 1. The average Bonchev–Trinajstić information content (AvgIpc) is 2.57. The van der Waals surface area contributed by atoms with E-state index < -0.39 is 0 Å². The standard InChI is InChI=1S/C20H23N3O/c1-4-19(21)18(20-22-14(2)12-15(3)23-20)13-17-9-7-16(8-10-17)6-5-11-24/h5-12H,4,13,21H2,1-3H3/b6-5+,19-18-. The van der Waals surface area contributed by atoms with Gasteiger partial charge in [0.25, 0.3) is 0 Å². The van der Waals surface area contributed by atoms with Gasteiger partial charge < -0.3 is 5.73 Å². The molecule has 0 spiro atoms. The molecule has 0 saturated carbocycles. The first-order chi connectivity index (χ1) is 11.5. The fourth-order valence-corrected chi connectivity index (χ4v) is 2.51. The lowest BCUT2D eigenvalue weighted by molar-refractivity contribution is -0.104. The molecular weight excluding hydrogens is 298 g/mol. The summed E-state index contributed by atoms with van der Waals surface area (Å²) in [5.74, 6) is 0.705. The SMILES string of the molecule is CC/C(N)=C(\Cc1ccc(/C=C/C=O)cc1)c1nc(C)cc(C)n1. The number of benzene rings is 1. The molecule has 0 atom stereocenters. The van der Waals surface area contributed by atoms with Gasteiger partial charge in [-0.15, -0.1) is 0 Å². The number of nitrogens with two attached hydrogens (primary N) is 1. The second-order valence-electron chi connectivity index (χ2n) is 5.75. The summed E-state index contributed by atoms with van der Waals surface area (Å²) < 4.78 is 0. The molecule has 0 unspecified atom stereocenters. The monoisotopic (exact) mass is 321 g/mol. The molecule has 0 bridgehead atoms. The first-order valence-electron chi connectivity index (χ1n) is 8.04. The molecule has 4 nitrogen and oxygen atoms in total. The Morgan fingerprint density at radius 1 is 1.12 bits per heavy atom. The lowest BCUT2D eigenvalue weighted by Gasteiger charge is -2.12. The van der Waals surface area contributed by atoms with Crippen LogP contribution in [0.2, 0.25) is 0 Å². The van der Waals surface area contributed by atoms with Crippen molar-refractivity contribution in [1.82, 2.24) is 9.97 Å². The molecular formula is C20H23N3O. The molecule has 1 heterocycles. The average molecular weight is 321 g/mol. The van der Waals surface area contributed by atoms with Gasteiger partial charge in [-0.3, -0.25) is 4.79 Å². The van der Waals surface area contributed by atoms with Gasteiger partial charge in [-0.1, -0.05) is 37.3 Å². The molecule has 0 aliphatic heterocycles. The van der Waals surface area contributed by atoms with Crippen molar-refractivity contribution in [2.45, 2.75) is 33.6 Å². The number of allylic oxidation sites excluding steroid dienone is 3. The minimum atomic E-state index is 0.681. The molecule has 0 aliphatic carbocycles. The third kappa shape index (κ3) is 4.62. The number of nitrogens with zero attached hydrogens (tertiary/aromatic N) is 2. The Labute approximate surface area is 143 Å². The molecule has 1 aromatic carbocycles. The summed E-state index contributed by atoms with van der Waals surface area (Å²) in [6.45, 7) is 5.96. The lowest BCUT2D eigenvalue weighted by Crippen LogP contribution is -2.08. The van der Waals surface area contributed by atoms with E-state index in [0.29, 0.717) is 12.2 Å². The Kier molecular flexibility index (Phi) is 6.01. The molecule has 1 aromatic heterocycles. The Balaban J connectivity index is 2.33. The van der Waals surface area contributed by atoms with Crippen LogP contribution in [0, 0.1) is 13.8 Å². The van der Waals surface area contributed by atoms with Crippen molar-refractivity contribution >= 4 is 17.9 Å². The van der Waals surface area contributed by atoms with E-state index in [4.69, 9.17) is 5.73 Å². The maximum absolute atomic E-state index is 10.4. The summed E-state index contributed by atoms with van der Waals surface area (Å²) in [6.07, 6.45) is 5.47. The van der Waals surface area contributed by atoms with Gasteiger partial charge in [0, 0.05) is 29.1 Å². The first-order valence-corrected chi connectivity index (χ1v) is 8.04. The zero-order valence-electron chi connectivity index (χ0n) is 14.4. The van der Waals surface area contributed by atoms with E-state index in [0.717, 1.165) is 46.5 Å². The van der Waals surface area contributed by atoms with Crippen molar-refractivity contribution in [3.8, 4) is 0 Å². The van der Waals surface area contributed by atoms with Crippen LogP contribution in [0.5, 0.6) is 0 Å². The van der Waals surface area contributed by atoms with Crippen LogP contribution in [0.25, 0.3) is 11.6 Å². The summed E-state index contributed by atoms with van der Waals surface area (Å²) >= 11 is 0. The van der Waals surface area contributed by atoms with Crippen LogP contribution in [-0.4, -0.2) is 16.3 Å². The second-order valence-corrected chi connectivity index (χ2v) is 5.75. The highest BCUT2D eigenvalue weighted by atomic mass is 16.1. The molecule has 0 amide bonds. The maximum Gasteiger partial charge on any atom is 0.157 e. The quantitative estimate of drug-likeness (QED) is 0.651. The third-order valence-corrected chi connectivity index (χ3v) is 3.75. The molecule has 0 fully saturated rings. The molecule has 0 saturated heterocycles. The van der Waals surface area contributed by atoms with Crippen molar-refractivity contribution in [1.29, 1.82) is 0 Å². The largest absolute Gasteiger partial charge is 0.402 e. The second kappa shape index (κ2) is 8.20. The van der Waals surface area contributed by atoms with Crippen LogP contribution in [-0.2, 0) is 11.2 Å². The van der Waals surface area contributed by atoms with Gasteiger partial charge in [-0.25, -0.2) is 9.97 Å². The molecule has 124 valence electrons. The van der Waals surface area contributed by atoms with Gasteiger partial charge >= 0.3 is 0 Å². The number of aromatic nitrogens is 2. The van der Waals surface area contributed by atoms with Crippen LogP contribution in [0.1, 0.15) is 41.7 Å². The highest BCUT2D eigenvalue weighted by Gasteiger charge is 2.11. The summed E-state index contributed by atoms with van der Waals surface area (Å²) in [5, 5.41) is 0. The smallest absolute Gasteiger partial charge is 0.157 e. The summed E-state index contributed by atoms with van der Waals surface area (Å²) in [6, 6.07) is 10.00. The normalized spacial score (nSPS) is 12.3. The minimum absolute atomic E-state index is 0.681. The van der Waals surface area contributed by atoms with Gasteiger partial charge in [0.15, 0.2) is 5.82 Å². The van der Waals surface area contributed by atoms with E-state index in [1.807, 2.05) is 51.1 Å². The Morgan fingerprint density at radius 3 is 2.29 bits per heavy atom. The number of aryl methyl sites for hydroxylation is 2. The van der Waals surface area contributed by atoms with Gasteiger partial charge in [-0.05, 0) is 43.5 Å². The Morgan fingerprint density at radius 2 is 1.75 bits per heavy atom. The van der Waals surface area contributed by atoms with Crippen molar-refractivity contribution in [3.63, 3.8) is 0 Å². The fourth-order valence-electron chi connectivity index (χ4n) is 2.51. The van der Waals surface area contributed by atoms with E-state index in [1.54, 1.807) is 6.08 Å². The van der Waals surface area contributed by atoms with Gasteiger partial charge in [0.2, 0.25) is 0 Å². The maximum atomic E-state index is 10.4. The highest BCUT2D eigenvalue weighted by Crippen LogP contribution is 2.21. The van der Waals surface area contributed by atoms with Crippen LogP contribution >= 0.6 is 0 Å². The van der Waals surface area contributed by atoms with E-state index in [1.165, 1.54) is 6.08 Å². The predicted molar refractivity (Wildman–Crippen MR) is 98.1 cm³/mol. The van der Waals surface area contributed by atoms with Crippen LogP contribution < -0.4 is 5.73 Å². The van der Waals surface area contributed by atoms with Gasteiger partial charge in [-0.2, -0.15) is 0 Å². The molecule has 2 aromatic rings. The van der Waals surface area contributed by atoms with Crippen LogP contribution in [0.4, 0.5) is 0 Å². The highest BCUT2D eigenvalue weighted by molar-refractivity contribution is 5.74. The summed E-state index contributed by atoms with van der Waals surface area (Å²) in [4.78, 5) is 19.5. The van der Waals surface area contributed by atoms with Crippen LogP contribution in [0.15, 0.2) is 42.1 Å². The van der Waals surface area contributed by atoms with Crippen molar-refractivity contribution in [2.75, 3.05) is 0 Å². The number of carbonyl (C=O) groups excluding carboxylic acids is 1. The fraction of sp³-hybridized carbons (Fsp3) is 0.250. The van der Waals surface area contributed by atoms with E-state index in [9.17, 15) is 4.79 Å². The minimum Gasteiger partial charge on any atom is -0.402 e. The molecule has 24 heavy (non-hydrogen) atoms. The van der Waals surface area contributed by atoms with Crippen molar-refractivity contribution in [3.05, 3.63) is 70.4 Å². The molecule has 2 rings (SSSR count). The number of carbonyl (C=O) groups is 1. The van der Waals surface area contributed by atoms with Crippen molar-refractivity contribution in [2.24, 2.45) is 5.73 Å².